The van der Waals surface area contributed by atoms with Crippen molar-refractivity contribution in [2.45, 2.75) is 51.9 Å². The molecule has 4 rings (SSSR count). The molecule has 1 saturated heterocycles. The van der Waals surface area contributed by atoms with Crippen LogP contribution in [0.25, 0.3) is 5.65 Å². The van der Waals surface area contributed by atoms with E-state index in [1.54, 1.807) is 16.8 Å². The first-order chi connectivity index (χ1) is 13.1. The lowest BCUT2D eigenvalue weighted by Gasteiger charge is -2.20. The summed E-state index contributed by atoms with van der Waals surface area (Å²) in [5, 5.41) is 12.7. The first-order valence-corrected chi connectivity index (χ1v) is 9.99. The van der Waals surface area contributed by atoms with Gasteiger partial charge in [0.2, 0.25) is 0 Å². The topological polar surface area (TPSA) is 74.3 Å². The molecule has 1 saturated carbocycles. The lowest BCUT2D eigenvalue weighted by atomic mass is 9.86. The molecule has 27 heavy (non-hydrogen) atoms. The predicted octanol–water partition coefficient (Wildman–Crippen LogP) is 3.79. The average molecular weight is 365 g/mol. The van der Waals surface area contributed by atoms with E-state index in [9.17, 15) is 4.79 Å². The molecule has 3 heterocycles. The van der Waals surface area contributed by atoms with Crippen LogP contribution in [0.2, 0.25) is 0 Å². The summed E-state index contributed by atoms with van der Waals surface area (Å²) in [7, 11) is 0. The Labute approximate surface area is 159 Å². The molecule has 0 amide bonds. The van der Waals surface area contributed by atoms with Crippen molar-refractivity contribution >= 4 is 23.0 Å². The molecule has 1 aliphatic heterocycles. The Morgan fingerprint density at radius 3 is 2.93 bits per heavy atom. The normalized spacial score (nSPS) is 21.9. The Hall–Kier alpha value is -2.50. The molecule has 2 aliphatic rings. The Balaban J connectivity index is 1.51. The van der Waals surface area contributed by atoms with Gasteiger partial charge in [0.25, 0.3) is 0 Å². The maximum absolute atomic E-state index is 12.5. The van der Waals surface area contributed by atoms with E-state index in [1.165, 1.54) is 24.8 Å². The molecule has 0 bridgehead atoms. The maximum atomic E-state index is 12.5. The van der Waals surface area contributed by atoms with Crippen LogP contribution in [0.5, 0.6) is 0 Å². The zero-order chi connectivity index (χ0) is 18.8. The average Bonchev–Trinajstić information content (AvgIpc) is 3.31. The summed E-state index contributed by atoms with van der Waals surface area (Å²) in [6, 6.07) is 1.97. The largest absolute Gasteiger partial charge is 0.357 e. The zero-order valence-corrected chi connectivity index (χ0v) is 15.9. The number of nitrogens with one attached hydrogen (secondary N) is 1. The molecule has 0 unspecified atom stereocenters. The van der Waals surface area contributed by atoms with Gasteiger partial charge in [-0.1, -0.05) is 18.9 Å². The van der Waals surface area contributed by atoms with Crippen molar-refractivity contribution in [3.63, 3.8) is 0 Å². The fourth-order valence-corrected chi connectivity index (χ4v) is 4.20. The Morgan fingerprint density at radius 2 is 2.15 bits per heavy atom. The van der Waals surface area contributed by atoms with Crippen LogP contribution in [0.3, 0.4) is 0 Å². The third-order valence-electron chi connectivity index (χ3n) is 5.63. The number of carbonyl (C=O) groups is 1. The first kappa shape index (κ1) is 17.9. The molecular weight excluding hydrogens is 338 g/mol. The van der Waals surface area contributed by atoms with Crippen molar-refractivity contribution < 1.29 is 4.79 Å². The van der Waals surface area contributed by atoms with E-state index in [-0.39, 0.29) is 12.2 Å². The summed E-state index contributed by atoms with van der Waals surface area (Å²) < 4.78 is 1.69. The fourth-order valence-electron chi connectivity index (χ4n) is 4.20. The van der Waals surface area contributed by atoms with E-state index in [2.05, 4.69) is 16.9 Å². The van der Waals surface area contributed by atoms with Gasteiger partial charge in [-0.3, -0.25) is 4.79 Å². The zero-order valence-electron chi connectivity index (χ0n) is 15.9. The number of anilines is 1. The highest BCUT2D eigenvalue weighted by molar-refractivity contribution is 6.14. The molecule has 2 aromatic heterocycles. The summed E-state index contributed by atoms with van der Waals surface area (Å²) in [6.45, 7) is 4.28. The number of allylic oxidation sites excluding steroid dienone is 2. The van der Waals surface area contributed by atoms with Gasteiger partial charge in [0.15, 0.2) is 11.4 Å². The van der Waals surface area contributed by atoms with Crippen molar-refractivity contribution in [2.24, 2.45) is 5.92 Å². The van der Waals surface area contributed by atoms with Gasteiger partial charge in [0.1, 0.15) is 5.82 Å². The summed E-state index contributed by atoms with van der Waals surface area (Å²) in [4.78, 5) is 19.5. The van der Waals surface area contributed by atoms with Crippen molar-refractivity contribution in [1.29, 1.82) is 5.41 Å². The second kappa shape index (κ2) is 7.62. The number of hydrogen-bond donors (Lipinski definition) is 1. The Morgan fingerprint density at radius 1 is 1.33 bits per heavy atom. The van der Waals surface area contributed by atoms with Crippen molar-refractivity contribution in [1.82, 2.24) is 14.6 Å². The number of nitrogens with zero attached hydrogens (tertiary/aromatic N) is 4. The molecule has 1 N–H and O–H groups in total. The van der Waals surface area contributed by atoms with Crippen LogP contribution in [0, 0.1) is 11.3 Å². The lowest BCUT2D eigenvalue weighted by molar-refractivity contribution is -0.113. The van der Waals surface area contributed by atoms with Gasteiger partial charge in [-0.25, -0.2) is 9.50 Å². The van der Waals surface area contributed by atoms with Crippen LogP contribution in [0.4, 0.5) is 5.82 Å². The van der Waals surface area contributed by atoms with Gasteiger partial charge in [-0.2, -0.15) is 5.10 Å². The van der Waals surface area contributed by atoms with E-state index < -0.39 is 0 Å². The summed E-state index contributed by atoms with van der Waals surface area (Å²) in [5.41, 5.74) is 2.85. The molecule has 0 spiro atoms. The number of carbonyl (C=O) groups excluding carboxylic acids is 1. The van der Waals surface area contributed by atoms with E-state index in [4.69, 9.17) is 10.4 Å². The number of ketones is 1. The second-order valence-electron chi connectivity index (χ2n) is 7.93. The minimum Gasteiger partial charge on any atom is -0.357 e. The highest BCUT2D eigenvalue weighted by Crippen LogP contribution is 2.28. The lowest BCUT2D eigenvalue weighted by Crippen LogP contribution is -2.19. The Bertz CT molecular complexity index is 891. The summed E-state index contributed by atoms with van der Waals surface area (Å²) in [5.74, 6) is 1.60. The van der Waals surface area contributed by atoms with Crippen LogP contribution < -0.4 is 4.90 Å². The Kier molecular flexibility index (Phi) is 5.05. The van der Waals surface area contributed by atoms with E-state index >= 15 is 0 Å². The quantitative estimate of drug-likeness (QED) is 0.646. The van der Waals surface area contributed by atoms with Crippen LogP contribution in [-0.2, 0) is 4.79 Å². The maximum Gasteiger partial charge on any atom is 0.166 e. The smallest absolute Gasteiger partial charge is 0.166 e. The van der Waals surface area contributed by atoms with Gasteiger partial charge in [0.05, 0.1) is 23.9 Å². The minimum atomic E-state index is 0.0131. The molecule has 0 aromatic carbocycles. The molecule has 2 aromatic rings. The fraction of sp³-hybridized carbons (Fsp3) is 0.524. The van der Waals surface area contributed by atoms with Crippen LogP contribution >= 0.6 is 0 Å². The summed E-state index contributed by atoms with van der Waals surface area (Å²) >= 11 is 0. The third-order valence-corrected chi connectivity index (χ3v) is 5.63. The first-order valence-electron chi connectivity index (χ1n) is 9.99. The number of fused-ring (bicyclic) bond motifs is 1. The second-order valence-corrected chi connectivity index (χ2v) is 7.93. The van der Waals surface area contributed by atoms with Gasteiger partial charge in [-0.05, 0) is 50.2 Å². The monoisotopic (exact) mass is 365 g/mol. The number of rotatable bonds is 5. The molecule has 6 nitrogen and oxygen atoms in total. The molecule has 0 radical (unpaired) electrons. The SMILES string of the molecule is C[C@H]1CCC/C(=C/C(=O)CC(=N)c2cnn3ccc(N4CCCC4)nc23)C1. The van der Waals surface area contributed by atoms with Crippen LogP contribution in [0.15, 0.2) is 30.1 Å². The standard InChI is InChI=1S/C21H27N5O/c1-15-5-4-6-16(11-15)12-17(27)13-19(22)18-14-23-26-10-7-20(24-21(18)26)25-8-2-3-9-25/h7,10,12,14-15,22H,2-6,8-9,11,13H2,1H3/b16-12-,22-19?/t15-/m0/s1. The molecular formula is C21H27N5O. The molecule has 1 atom stereocenters. The minimum absolute atomic E-state index is 0.0131. The molecule has 6 heteroatoms. The van der Waals surface area contributed by atoms with Gasteiger partial charge in [0, 0.05) is 19.3 Å². The van der Waals surface area contributed by atoms with Crippen molar-refractivity contribution in [3.8, 4) is 0 Å². The third kappa shape index (κ3) is 3.94. The van der Waals surface area contributed by atoms with Gasteiger partial charge < -0.3 is 10.3 Å². The van der Waals surface area contributed by atoms with Crippen LogP contribution in [-0.4, -0.2) is 39.2 Å². The molecule has 142 valence electrons. The number of aromatic nitrogens is 3. The van der Waals surface area contributed by atoms with Crippen molar-refractivity contribution in [3.05, 3.63) is 35.7 Å². The number of hydrogen-bond acceptors (Lipinski definition) is 5. The van der Waals surface area contributed by atoms with E-state index in [0.29, 0.717) is 22.8 Å². The predicted molar refractivity (Wildman–Crippen MR) is 107 cm³/mol. The van der Waals surface area contributed by atoms with E-state index in [0.717, 1.165) is 38.2 Å². The molecule has 2 fully saturated rings. The molecule has 1 aliphatic carbocycles. The van der Waals surface area contributed by atoms with Crippen LogP contribution in [0.1, 0.15) is 57.4 Å². The van der Waals surface area contributed by atoms with Crippen molar-refractivity contribution in [2.75, 3.05) is 18.0 Å². The highest BCUT2D eigenvalue weighted by Gasteiger charge is 2.19. The van der Waals surface area contributed by atoms with Gasteiger partial charge in [-0.15, -0.1) is 0 Å². The summed E-state index contributed by atoms with van der Waals surface area (Å²) in [6.07, 6.45) is 12.2. The van der Waals surface area contributed by atoms with E-state index in [1.807, 2.05) is 12.3 Å². The highest BCUT2D eigenvalue weighted by atomic mass is 16.1. The van der Waals surface area contributed by atoms with Gasteiger partial charge >= 0.3 is 0 Å².